The molecule has 0 saturated carbocycles. The molecular formula is C19H27N3O3S. The van der Waals surface area contributed by atoms with E-state index in [0.29, 0.717) is 19.8 Å². The van der Waals surface area contributed by atoms with Crippen molar-refractivity contribution < 1.29 is 13.2 Å². The number of hydrogen-bond acceptors (Lipinski definition) is 4. The quantitative estimate of drug-likeness (QED) is 0.800. The third kappa shape index (κ3) is 4.73. The van der Waals surface area contributed by atoms with Gasteiger partial charge < -0.3 is 9.30 Å². The van der Waals surface area contributed by atoms with E-state index in [9.17, 15) is 8.42 Å². The molecule has 0 amide bonds. The van der Waals surface area contributed by atoms with Gasteiger partial charge in [0, 0.05) is 38.6 Å². The standard InChI is InChI=1S/C19H27N3O3S/c1-16-6-3-4-7-17(16)15-26(23,24)20-14-19(18-8-5-9-21(18)2)22-10-12-25-13-11-22/h3-9,19-20H,10-15H2,1-2H3. The predicted molar refractivity (Wildman–Crippen MR) is 102 cm³/mol. The van der Waals surface area contributed by atoms with E-state index in [1.54, 1.807) is 0 Å². The van der Waals surface area contributed by atoms with Gasteiger partial charge in [0.1, 0.15) is 0 Å². The van der Waals surface area contributed by atoms with Crippen LogP contribution in [0.2, 0.25) is 0 Å². The van der Waals surface area contributed by atoms with Crippen LogP contribution in [-0.2, 0) is 27.6 Å². The summed E-state index contributed by atoms with van der Waals surface area (Å²) in [6.07, 6.45) is 1.99. The molecule has 1 fully saturated rings. The molecule has 1 unspecified atom stereocenters. The van der Waals surface area contributed by atoms with Crippen molar-refractivity contribution in [2.45, 2.75) is 18.7 Å². The molecule has 7 heteroatoms. The summed E-state index contributed by atoms with van der Waals surface area (Å²) in [4.78, 5) is 2.29. The maximum absolute atomic E-state index is 12.6. The minimum absolute atomic E-state index is 0.00262. The van der Waals surface area contributed by atoms with Crippen LogP contribution < -0.4 is 4.72 Å². The molecule has 6 nitrogen and oxygen atoms in total. The molecule has 1 aromatic carbocycles. The Morgan fingerprint density at radius 1 is 1.15 bits per heavy atom. The first-order valence-electron chi connectivity index (χ1n) is 8.91. The van der Waals surface area contributed by atoms with Gasteiger partial charge in [0.05, 0.1) is 25.0 Å². The van der Waals surface area contributed by atoms with Crippen molar-refractivity contribution >= 4 is 10.0 Å². The molecule has 0 spiro atoms. The highest BCUT2D eigenvalue weighted by atomic mass is 32.2. The van der Waals surface area contributed by atoms with E-state index in [2.05, 4.69) is 20.3 Å². The Kier molecular flexibility index (Phi) is 6.13. The summed E-state index contributed by atoms with van der Waals surface area (Å²) >= 11 is 0. The molecule has 1 saturated heterocycles. The van der Waals surface area contributed by atoms with Crippen molar-refractivity contribution in [3.05, 3.63) is 59.4 Å². The Balaban J connectivity index is 1.72. The number of ether oxygens (including phenoxy) is 1. The summed E-state index contributed by atoms with van der Waals surface area (Å²) < 4.78 is 35.6. The number of aryl methyl sites for hydroxylation is 2. The first-order chi connectivity index (χ1) is 12.5. The van der Waals surface area contributed by atoms with E-state index in [1.807, 2.05) is 50.5 Å². The van der Waals surface area contributed by atoms with Crippen LogP contribution in [0.15, 0.2) is 42.6 Å². The fourth-order valence-corrected chi connectivity index (χ4v) is 4.61. The van der Waals surface area contributed by atoms with Gasteiger partial charge >= 0.3 is 0 Å². The van der Waals surface area contributed by atoms with Gasteiger partial charge in [-0.2, -0.15) is 0 Å². The topological polar surface area (TPSA) is 63.6 Å². The summed E-state index contributed by atoms with van der Waals surface area (Å²) in [5.41, 5.74) is 2.93. The molecule has 1 N–H and O–H groups in total. The Morgan fingerprint density at radius 3 is 2.54 bits per heavy atom. The Morgan fingerprint density at radius 2 is 1.88 bits per heavy atom. The van der Waals surface area contributed by atoms with Gasteiger partial charge in [-0.05, 0) is 30.2 Å². The molecule has 0 bridgehead atoms. The van der Waals surface area contributed by atoms with Crippen LogP contribution in [-0.4, -0.2) is 50.7 Å². The van der Waals surface area contributed by atoms with Crippen LogP contribution in [0.3, 0.4) is 0 Å². The fourth-order valence-electron chi connectivity index (χ4n) is 3.36. The van der Waals surface area contributed by atoms with E-state index in [1.165, 1.54) is 0 Å². The van der Waals surface area contributed by atoms with Crippen molar-refractivity contribution in [2.24, 2.45) is 7.05 Å². The number of sulfonamides is 1. The Hall–Kier alpha value is -1.67. The minimum Gasteiger partial charge on any atom is -0.379 e. The van der Waals surface area contributed by atoms with Crippen molar-refractivity contribution in [1.29, 1.82) is 0 Å². The smallest absolute Gasteiger partial charge is 0.215 e. The summed E-state index contributed by atoms with van der Waals surface area (Å²) in [5.74, 6) is 0.00262. The molecule has 1 aliphatic heterocycles. The lowest BCUT2D eigenvalue weighted by Gasteiger charge is -2.34. The van der Waals surface area contributed by atoms with Crippen LogP contribution in [0.1, 0.15) is 22.9 Å². The zero-order valence-corrected chi connectivity index (χ0v) is 16.2. The summed E-state index contributed by atoms with van der Waals surface area (Å²) in [7, 11) is -1.42. The SMILES string of the molecule is Cc1ccccc1CS(=O)(=O)NCC(c1cccn1C)N1CCOCC1. The molecular weight excluding hydrogens is 350 g/mol. The van der Waals surface area contributed by atoms with Gasteiger partial charge in [-0.1, -0.05) is 24.3 Å². The van der Waals surface area contributed by atoms with E-state index in [0.717, 1.165) is 29.9 Å². The highest BCUT2D eigenvalue weighted by Crippen LogP contribution is 2.22. The zero-order chi connectivity index (χ0) is 18.6. The minimum atomic E-state index is -3.41. The third-order valence-corrected chi connectivity index (χ3v) is 6.21. The molecule has 1 aliphatic rings. The number of morpholine rings is 1. The number of benzene rings is 1. The van der Waals surface area contributed by atoms with Gasteiger partial charge in [0.25, 0.3) is 0 Å². The number of nitrogens with one attached hydrogen (secondary N) is 1. The lowest BCUT2D eigenvalue weighted by Crippen LogP contribution is -2.44. The van der Waals surface area contributed by atoms with Crippen molar-refractivity contribution in [2.75, 3.05) is 32.8 Å². The van der Waals surface area contributed by atoms with Gasteiger partial charge in [-0.25, -0.2) is 13.1 Å². The lowest BCUT2D eigenvalue weighted by atomic mass is 10.1. The molecule has 0 aliphatic carbocycles. The molecule has 1 atom stereocenters. The normalized spacial score (nSPS) is 17.3. The van der Waals surface area contributed by atoms with E-state index < -0.39 is 10.0 Å². The second-order valence-electron chi connectivity index (χ2n) is 6.74. The number of aromatic nitrogens is 1. The molecule has 1 aromatic heterocycles. The fraction of sp³-hybridized carbons (Fsp3) is 0.474. The number of hydrogen-bond donors (Lipinski definition) is 1. The van der Waals surface area contributed by atoms with Gasteiger partial charge in [-0.15, -0.1) is 0 Å². The first kappa shape index (κ1) is 19.1. The second-order valence-corrected chi connectivity index (χ2v) is 8.55. The van der Waals surface area contributed by atoms with E-state index in [-0.39, 0.29) is 11.8 Å². The first-order valence-corrected chi connectivity index (χ1v) is 10.6. The van der Waals surface area contributed by atoms with Crippen LogP contribution in [0.5, 0.6) is 0 Å². The third-order valence-electron chi connectivity index (χ3n) is 4.92. The Bertz CT molecular complexity index is 826. The molecule has 142 valence electrons. The molecule has 0 radical (unpaired) electrons. The zero-order valence-electron chi connectivity index (χ0n) is 15.4. The maximum Gasteiger partial charge on any atom is 0.215 e. The van der Waals surface area contributed by atoms with Crippen molar-refractivity contribution in [3.63, 3.8) is 0 Å². The summed E-state index contributed by atoms with van der Waals surface area (Å²) in [6, 6.07) is 11.6. The predicted octanol–water partition coefficient (Wildman–Crippen LogP) is 1.83. The highest BCUT2D eigenvalue weighted by Gasteiger charge is 2.26. The van der Waals surface area contributed by atoms with Crippen molar-refractivity contribution in [1.82, 2.24) is 14.2 Å². The molecule has 26 heavy (non-hydrogen) atoms. The lowest BCUT2D eigenvalue weighted by molar-refractivity contribution is 0.0158. The van der Waals surface area contributed by atoms with Gasteiger partial charge in [-0.3, -0.25) is 4.90 Å². The highest BCUT2D eigenvalue weighted by molar-refractivity contribution is 7.88. The molecule has 2 aromatic rings. The summed E-state index contributed by atoms with van der Waals surface area (Å²) in [6.45, 7) is 5.25. The van der Waals surface area contributed by atoms with Crippen LogP contribution in [0.25, 0.3) is 0 Å². The van der Waals surface area contributed by atoms with Crippen molar-refractivity contribution in [3.8, 4) is 0 Å². The van der Waals surface area contributed by atoms with Gasteiger partial charge in [0.2, 0.25) is 10.0 Å². The monoisotopic (exact) mass is 377 g/mol. The average molecular weight is 378 g/mol. The van der Waals surface area contributed by atoms with Gasteiger partial charge in [0.15, 0.2) is 0 Å². The van der Waals surface area contributed by atoms with Crippen LogP contribution in [0.4, 0.5) is 0 Å². The number of rotatable bonds is 7. The van der Waals surface area contributed by atoms with E-state index >= 15 is 0 Å². The van der Waals surface area contributed by atoms with Crippen LogP contribution in [0, 0.1) is 6.92 Å². The molecule has 2 heterocycles. The van der Waals surface area contributed by atoms with E-state index in [4.69, 9.17) is 4.74 Å². The second kappa shape index (κ2) is 8.35. The largest absolute Gasteiger partial charge is 0.379 e. The number of nitrogens with zero attached hydrogens (tertiary/aromatic N) is 2. The summed E-state index contributed by atoms with van der Waals surface area (Å²) in [5, 5.41) is 0. The average Bonchev–Trinajstić information content (AvgIpc) is 3.04. The van der Waals surface area contributed by atoms with Crippen LogP contribution >= 0.6 is 0 Å². The Labute approximate surface area is 155 Å². The molecule has 3 rings (SSSR count). The maximum atomic E-state index is 12.6.